The predicted octanol–water partition coefficient (Wildman–Crippen LogP) is 4.87. The van der Waals surface area contributed by atoms with Crippen molar-refractivity contribution >= 4 is 6.09 Å². The quantitative estimate of drug-likeness (QED) is 0.744. The molecule has 0 bridgehead atoms. The molecule has 1 fully saturated rings. The van der Waals surface area contributed by atoms with Crippen LogP contribution in [0.1, 0.15) is 62.3 Å². The van der Waals surface area contributed by atoms with E-state index in [1.165, 1.54) is 0 Å². The molecule has 0 saturated heterocycles. The van der Waals surface area contributed by atoms with Crippen LogP contribution in [0.15, 0.2) is 42.5 Å². The smallest absolute Gasteiger partial charge is 0.408 e. The van der Waals surface area contributed by atoms with Crippen LogP contribution in [-0.2, 0) is 10.3 Å². The zero-order chi connectivity index (χ0) is 21.8. The zero-order valence-corrected chi connectivity index (χ0v) is 17.8. The molecule has 0 unspecified atom stereocenters. The van der Waals surface area contributed by atoms with Crippen molar-refractivity contribution in [3.8, 4) is 23.7 Å². The van der Waals surface area contributed by atoms with Crippen LogP contribution in [0.25, 0.3) is 0 Å². The van der Waals surface area contributed by atoms with Gasteiger partial charge >= 0.3 is 6.09 Å². The number of ether oxygens (including phenoxy) is 2. The van der Waals surface area contributed by atoms with E-state index in [0.717, 1.165) is 36.0 Å². The minimum Gasteiger partial charge on any atom is -0.495 e. The van der Waals surface area contributed by atoms with Crippen LogP contribution in [-0.4, -0.2) is 18.8 Å². The molecule has 3 rings (SSSR count). The van der Waals surface area contributed by atoms with Crippen molar-refractivity contribution in [1.29, 1.82) is 5.26 Å². The van der Waals surface area contributed by atoms with E-state index < -0.39 is 5.60 Å². The number of benzene rings is 2. The Labute approximate surface area is 178 Å². The summed E-state index contributed by atoms with van der Waals surface area (Å²) in [6.45, 7) is 5.57. The van der Waals surface area contributed by atoms with Crippen molar-refractivity contribution in [1.82, 2.24) is 5.32 Å². The van der Waals surface area contributed by atoms with Gasteiger partial charge in [-0.05, 0) is 75.9 Å². The molecule has 0 radical (unpaired) electrons. The molecule has 0 heterocycles. The number of nitriles is 1. The van der Waals surface area contributed by atoms with E-state index in [9.17, 15) is 4.79 Å². The van der Waals surface area contributed by atoms with Gasteiger partial charge < -0.3 is 14.8 Å². The van der Waals surface area contributed by atoms with Crippen molar-refractivity contribution in [3.05, 3.63) is 64.7 Å². The molecule has 2 aromatic carbocycles. The molecular weight excluding hydrogens is 376 g/mol. The van der Waals surface area contributed by atoms with E-state index in [1.54, 1.807) is 25.3 Å². The lowest BCUT2D eigenvalue weighted by molar-refractivity contribution is 0.0377. The summed E-state index contributed by atoms with van der Waals surface area (Å²) in [6.07, 6.45) is 2.45. The van der Waals surface area contributed by atoms with E-state index >= 15 is 0 Å². The summed E-state index contributed by atoms with van der Waals surface area (Å²) in [5, 5.41) is 12.1. The van der Waals surface area contributed by atoms with E-state index in [4.69, 9.17) is 14.7 Å². The van der Waals surface area contributed by atoms with Crippen LogP contribution in [0.5, 0.6) is 5.75 Å². The average Bonchev–Trinajstić information content (AvgIpc) is 2.68. The first-order chi connectivity index (χ1) is 14.2. The molecule has 30 heavy (non-hydrogen) atoms. The second-order valence-corrected chi connectivity index (χ2v) is 8.42. The molecule has 0 atom stereocenters. The number of carbonyl (C=O) groups is 1. The van der Waals surface area contributed by atoms with E-state index in [1.807, 2.05) is 45.0 Å². The summed E-state index contributed by atoms with van der Waals surface area (Å²) in [5.41, 5.74) is 2.27. The van der Waals surface area contributed by atoms with Crippen LogP contribution in [0.3, 0.4) is 0 Å². The van der Waals surface area contributed by atoms with Crippen molar-refractivity contribution < 1.29 is 14.3 Å². The van der Waals surface area contributed by atoms with Gasteiger partial charge in [0.2, 0.25) is 0 Å². The topological polar surface area (TPSA) is 71.3 Å². The minimum atomic E-state index is -0.527. The molecule has 1 saturated carbocycles. The minimum absolute atomic E-state index is 0.370. The Morgan fingerprint density at radius 3 is 2.27 bits per heavy atom. The molecule has 2 aromatic rings. The van der Waals surface area contributed by atoms with Gasteiger partial charge in [0.1, 0.15) is 11.4 Å². The molecule has 1 N–H and O–H groups in total. The first-order valence-electron chi connectivity index (χ1n) is 9.96. The lowest BCUT2D eigenvalue weighted by Crippen LogP contribution is -2.52. The summed E-state index contributed by atoms with van der Waals surface area (Å²) >= 11 is 0. The number of carbonyl (C=O) groups excluding carboxylic acids is 1. The predicted molar refractivity (Wildman–Crippen MR) is 115 cm³/mol. The molecule has 5 heteroatoms. The number of hydrogen-bond acceptors (Lipinski definition) is 4. The van der Waals surface area contributed by atoms with Gasteiger partial charge in [0.25, 0.3) is 0 Å². The van der Waals surface area contributed by atoms with Gasteiger partial charge in [0.05, 0.1) is 29.8 Å². The van der Waals surface area contributed by atoms with Gasteiger partial charge in [-0.15, -0.1) is 0 Å². The molecule has 5 nitrogen and oxygen atoms in total. The van der Waals surface area contributed by atoms with Crippen LogP contribution in [0.2, 0.25) is 0 Å². The summed E-state index contributed by atoms with van der Waals surface area (Å²) in [4.78, 5) is 12.3. The maximum atomic E-state index is 12.3. The maximum absolute atomic E-state index is 12.3. The third kappa shape index (κ3) is 4.93. The Hall–Kier alpha value is -3.44. The molecule has 1 aliphatic rings. The fraction of sp³-hybridized carbons (Fsp3) is 0.360. The summed E-state index contributed by atoms with van der Waals surface area (Å²) in [5.74, 6) is 6.81. The molecule has 0 spiro atoms. The fourth-order valence-corrected chi connectivity index (χ4v) is 3.39. The third-order valence-corrected chi connectivity index (χ3v) is 5.06. The van der Waals surface area contributed by atoms with E-state index in [0.29, 0.717) is 11.3 Å². The normalized spacial score (nSPS) is 14.4. The van der Waals surface area contributed by atoms with Crippen molar-refractivity contribution in [2.75, 3.05) is 7.11 Å². The number of rotatable bonds is 3. The summed E-state index contributed by atoms with van der Waals surface area (Å²) in [7, 11) is 1.56. The van der Waals surface area contributed by atoms with E-state index in [2.05, 4.69) is 23.2 Å². The first-order valence-corrected chi connectivity index (χ1v) is 9.96. The Bertz CT molecular complexity index is 1030. The number of hydrogen-bond donors (Lipinski definition) is 1. The number of amides is 1. The van der Waals surface area contributed by atoms with Gasteiger partial charge in [-0.25, -0.2) is 4.79 Å². The Balaban J connectivity index is 1.76. The molecule has 1 amide bonds. The number of nitrogens with zero attached hydrogens (tertiary/aromatic N) is 1. The summed E-state index contributed by atoms with van der Waals surface area (Å²) in [6, 6.07) is 15.2. The SMILES string of the molecule is COc1cc(C#N)ccc1C#Cc1ccc(C2(NC(=O)OC(C)(C)C)CCC2)cc1. The van der Waals surface area contributed by atoms with Gasteiger partial charge in [-0.3, -0.25) is 0 Å². The van der Waals surface area contributed by atoms with Crippen LogP contribution in [0, 0.1) is 23.2 Å². The molecule has 1 aliphatic carbocycles. The van der Waals surface area contributed by atoms with Crippen LogP contribution in [0.4, 0.5) is 4.79 Å². The lowest BCUT2D eigenvalue weighted by atomic mass is 9.72. The number of methoxy groups -OCH3 is 1. The molecular formula is C25H26N2O3. The first kappa shape index (κ1) is 21.3. The van der Waals surface area contributed by atoms with Gasteiger partial charge in [0.15, 0.2) is 0 Å². The van der Waals surface area contributed by atoms with Crippen LogP contribution < -0.4 is 10.1 Å². The monoisotopic (exact) mass is 402 g/mol. The molecule has 154 valence electrons. The Morgan fingerprint density at radius 1 is 1.07 bits per heavy atom. The Kier molecular flexibility index (Phi) is 6.04. The fourth-order valence-electron chi connectivity index (χ4n) is 3.39. The summed E-state index contributed by atoms with van der Waals surface area (Å²) < 4.78 is 10.8. The highest BCUT2D eigenvalue weighted by molar-refractivity contribution is 5.69. The second kappa shape index (κ2) is 8.51. The third-order valence-electron chi connectivity index (χ3n) is 5.06. The lowest BCUT2D eigenvalue weighted by Gasteiger charge is -2.43. The zero-order valence-electron chi connectivity index (χ0n) is 17.8. The van der Waals surface area contributed by atoms with Gasteiger partial charge in [-0.2, -0.15) is 5.26 Å². The molecule has 0 aliphatic heterocycles. The number of alkyl carbamates (subject to hydrolysis) is 1. The highest BCUT2D eigenvalue weighted by Crippen LogP contribution is 2.41. The van der Waals surface area contributed by atoms with E-state index in [-0.39, 0.29) is 11.6 Å². The highest BCUT2D eigenvalue weighted by atomic mass is 16.6. The number of nitrogens with one attached hydrogen (secondary N) is 1. The van der Waals surface area contributed by atoms with Crippen molar-refractivity contribution in [2.45, 2.75) is 51.2 Å². The average molecular weight is 402 g/mol. The second-order valence-electron chi connectivity index (χ2n) is 8.42. The standard InChI is InChI=1S/C25H26N2O3/c1-24(2,3)30-23(28)27-25(14-5-15-25)21-12-8-18(9-13-21)6-10-20-11-7-19(17-26)16-22(20)29-4/h7-9,11-13,16H,5,14-15H2,1-4H3,(H,27,28). The highest BCUT2D eigenvalue weighted by Gasteiger charge is 2.41. The van der Waals surface area contributed by atoms with Gasteiger partial charge in [-0.1, -0.05) is 24.0 Å². The van der Waals surface area contributed by atoms with Gasteiger partial charge in [0, 0.05) is 5.56 Å². The Morgan fingerprint density at radius 2 is 1.73 bits per heavy atom. The maximum Gasteiger partial charge on any atom is 0.408 e. The van der Waals surface area contributed by atoms with Crippen molar-refractivity contribution in [2.24, 2.45) is 0 Å². The van der Waals surface area contributed by atoms with Crippen molar-refractivity contribution in [3.63, 3.8) is 0 Å². The van der Waals surface area contributed by atoms with Crippen LogP contribution >= 0.6 is 0 Å². The molecule has 0 aromatic heterocycles. The largest absolute Gasteiger partial charge is 0.495 e.